The molecule has 0 radical (unpaired) electrons. The van der Waals surface area contributed by atoms with Gasteiger partial charge in [-0.2, -0.15) is 0 Å². The molecule has 1 N–H and O–H groups in total. The number of unbranched alkanes of at least 4 members (excludes halogenated alkanes) is 26. The molecule has 0 fully saturated rings. The Labute approximate surface area is 311 Å². The van der Waals surface area contributed by atoms with Crippen molar-refractivity contribution in [2.45, 2.75) is 194 Å². The molecule has 0 aliphatic rings. The molecule has 49 heavy (non-hydrogen) atoms. The van der Waals surface area contributed by atoms with Gasteiger partial charge in [-0.1, -0.05) is 186 Å². The van der Waals surface area contributed by atoms with Gasteiger partial charge in [0.1, 0.15) is 24.7 Å². The average molecular weight is 737 g/mol. The van der Waals surface area contributed by atoms with Crippen LogP contribution in [0.15, 0.2) is 0 Å². The second-order valence-corrected chi connectivity index (χ2v) is 18.4. The predicted molar refractivity (Wildman–Crippen MR) is 217 cm³/mol. The van der Waals surface area contributed by atoms with Crippen LogP contribution >= 0.6 is 8.60 Å². The highest BCUT2D eigenvalue weighted by atomic mass is 32.2. The molecule has 0 bridgehead atoms. The summed E-state index contributed by atoms with van der Waals surface area (Å²) < 4.78 is 31.0. The molecule has 0 rings (SSSR count). The van der Waals surface area contributed by atoms with Crippen molar-refractivity contribution in [3.8, 4) is 0 Å². The molecule has 0 spiro atoms. The van der Waals surface area contributed by atoms with Gasteiger partial charge in [-0.3, -0.25) is 0 Å². The first kappa shape index (κ1) is 49.5. The quantitative estimate of drug-likeness (QED) is 0.0293. The highest BCUT2D eigenvalue weighted by Gasteiger charge is 2.21. The van der Waals surface area contributed by atoms with E-state index in [1.807, 2.05) is 0 Å². The van der Waals surface area contributed by atoms with E-state index in [0.717, 1.165) is 36.2 Å². The fourth-order valence-corrected chi connectivity index (χ4v) is 8.26. The monoisotopic (exact) mass is 737 g/mol. The van der Waals surface area contributed by atoms with Crippen LogP contribution in [0.4, 0.5) is 0 Å². The summed E-state index contributed by atoms with van der Waals surface area (Å²) in [6.07, 6.45) is 37.6. The zero-order valence-corrected chi connectivity index (χ0v) is 35.4. The van der Waals surface area contributed by atoms with Gasteiger partial charge in [0.15, 0.2) is 0 Å². The molecule has 0 aromatic heterocycles. The van der Waals surface area contributed by atoms with Gasteiger partial charge < -0.3 is 27.7 Å². The first-order chi connectivity index (χ1) is 23.8. The van der Waals surface area contributed by atoms with E-state index in [9.17, 15) is 9.45 Å². The van der Waals surface area contributed by atoms with Gasteiger partial charge in [0.05, 0.1) is 40.3 Å². The van der Waals surface area contributed by atoms with Crippen LogP contribution in [0.2, 0.25) is 0 Å². The molecule has 0 aliphatic heterocycles. The van der Waals surface area contributed by atoms with Gasteiger partial charge >= 0.3 is 8.60 Å². The zero-order chi connectivity index (χ0) is 36.1. The Balaban J connectivity index is 4.08. The first-order valence-corrected chi connectivity index (χ1v) is 23.9. The summed E-state index contributed by atoms with van der Waals surface area (Å²) in [6, 6.07) is 0. The van der Waals surface area contributed by atoms with Crippen molar-refractivity contribution in [2.24, 2.45) is 5.92 Å². The normalized spacial score (nSPS) is 14.0. The number of likely N-dealkylation sites (N-methyl/N-ethyl adjacent to an activating group) is 1. The van der Waals surface area contributed by atoms with Crippen LogP contribution in [0, 0.1) is 5.92 Å². The summed E-state index contributed by atoms with van der Waals surface area (Å²) in [4.78, 5) is 10.3. The van der Waals surface area contributed by atoms with Crippen LogP contribution in [-0.4, -0.2) is 79.6 Å². The summed E-state index contributed by atoms with van der Waals surface area (Å²) in [7, 11) is 4.38. The Bertz CT molecular complexity index is 642. The minimum absolute atomic E-state index is 0.0123. The molecular weight excluding hydrogens is 649 g/mol. The van der Waals surface area contributed by atoms with Crippen LogP contribution in [0.1, 0.15) is 194 Å². The highest BCUT2D eigenvalue weighted by molar-refractivity contribution is 7.91. The number of nitrogens with zero attached hydrogens (tertiary/aromatic N) is 1. The van der Waals surface area contributed by atoms with Crippen molar-refractivity contribution in [3.63, 3.8) is 0 Å². The van der Waals surface area contributed by atoms with Gasteiger partial charge in [0.25, 0.3) is 0 Å². The van der Waals surface area contributed by atoms with Crippen molar-refractivity contribution < 1.29 is 27.7 Å². The predicted octanol–water partition coefficient (Wildman–Crippen LogP) is 12.3. The summed E-state index contributed by atoms with van der Waals surface area (Å²) in [6.45, 7) is 7.43. The maximum Gasteiger partial charge on any atom is 0.330 e. The Hall–Kier alpha value is 0.540. The number of rotatable bonds is 41. The Morgan fingerprint density at radius 1 is 0.531 bits per heavy atom. The smallest absolute Gasteiger partial charge is 0.330 e. The van der Waals surface area contributed by atoms with Crippen molar-refractivity contribution in [1.82, 2.24) is 0 Å². The molecule has 0 aromatic rings. The number of hydrogen-bond donors (Lipinski definition) is 1. The topological polar surface area (TPSA) is 71.0 Å². The Kier molecular flexibility index (Phi) is 38.7. The van der Waals surface area contributed by atoms with Crippen molar-refractivity contribution in [2.75, 3.05) is 65.6 Å². The fraction of sp³-hybridized carbons (Fsp3) is 1.00. The Morgan fingerprint density at radius 3 is 1.33 bits per heavy atom. The summed E-state index contributed by atoms with van der Waals surface area (Å²) in [5.74, 6) is 1.33. The second kappa shape index (κ2) is 38.3. The first-order valence-electron chi connectivity index (χ1n) is 21.3. The average Bonchev–Trinajstić information content (AvgIpc) is 3.06. The zero-order valence-electron chi connectivity index (χ0n) is 33.7. The molecule has 0 amide bonds. The van der Waals surface area contributed by atoms with E-state index in [1.165, 1.54) is 167 Å². The van der Waals surface area contributed by atoms with Crippen molar-refractivity contribution in [1.29, 1.82) is 0 Å². The molecular formula is C41H87NO5PS+. The fourth-order valence-electron chi connectivity index (χ4n) is 6.20. The van der Waals surface area contributed by atoms with Gasteiger partial charge in [0, 0.05) is 6.61 Å². The lowest BCUT2D eigenvalue weighted by atomic mass is 10.0. The van der Waals surface area contributed by atoms with Crippen molar-refractivity contribution in [3.05, 3.63) is 0 Å². The van der Waals surface area contributed by atoms with Crippen LogP contribution < -0.4 is 0 Å². The molecule has 6 nitrogen and oxygen atoms in total. The maximum atomic E-state index is 13.0. The summed E-state index contributed by atoms with van der Waals surface area (Å²) in [5, 5.41) is 0. The van der Waals surface area contributed by atoms with Crippen LogP contribution in [0.3, 0.4) is 0 Å². The third-order valence-electron chi connectivity index (χ3n) is 9.53. The molecule has 3 atom stereocenters. The minimum atomic E-state index is -1.92. The molecule has 296 valence electrons. The largest absolute Gasteiger partial charge is 0.616 e. The standard InChI is InChI=1S/C41H87NO5PS/c1-6-8-10-12-14-16-18-20-22-24-26-28-30-32-35-45-38-41(39-47-48(43)46-36-34-42(3,4)5)40-49(44)37-33-31-29-27-25-23-21-19-17-15-13-11-9-7-2/h41,43H,6-40H2,1-5H3/q+1. The molecule has 0 aromatic carbocycles. The van der Waals surface area contributed by atoms with Crippen LogP contribution in [0.5, 0.6) is 0 Å². The lowest BCUT2D eigenvalue weighted by molar-refractivity contribution is -0.870. The lowest BCUT2D eigenvalue weighted by Gasteiger charge is -2.24. The minimum Gasteiger partial charge on any atom is -0.616 e. The number of ether oxygens (including phenoxy) is 1. The molecule has 0 saturated heterocycles. The van der Waals surface area contributed by atoms with E-state index < -0.39 is 19.8 Å². The van der Waals surface area contributed by atoms with Crippen LogP contribution in [-0.2, 0) is 25.0 Å². The van der Waals surface area contributed by atoms with Gasteiger partial charge in [-0.05, 0) is 19.3 Å². The number of hydrogen-bond acceptors (Lipinski definition) is 5. The van der Waals surface area contributed by atoms with E-state index in [2.05, 4.69) is 35.0 Å². The summed E-state index contributed by atoms with van der Waals surface area (Å²) >= 11 is -0.894. The maximum absolute atomic E-state index is 13.0. The van der Waals surface area contributed by atoms with E-state index in [0.29, 0.717) is 25.6 Å². The number of quaternary nitrogens is 1. The van der Waals surface area contributed by atoms with Gasteiger partial charge in [-0.15, -0.1) is 0 Å². The third kappa shape index (κ3) is 41.2. The molecule has 8 heteroatoms. The van der Waals surface area contributed by atoms with E-state index in [4.69, 9.17) is 13.8 Å². The van der Waals surface area contributed by atoms with E-state index in [1.54, 1.807) is 0 Å². The van der Waals surface area contributed by atoms with Crippen LogP contribution in [0.25, 0.3) is 0 Å². The highest BCUT2D eigenvalue weighted by Crippen LogP contribution is 2.33. The molecule has 0 aliphatic carbocycles. The second-order valence-electron chi connectivity index (χ2n) is 15.8. The molecule has 3 unspecified atom stereocenters. The Morgan fingerprint density at radius 2 is 0.918 bits per heavy atom. The summed E-state index contributed by atoms with van der Waals surface area (Å²) in [5.41, 5.74) is 0. The van der Waals surface area contributed by atoms with Gasteiger partial charge in [-0.25, -0.2) is 0 Å². The lowest BCUT2D eigenvalue weighted by Crippen LogP contribution is -2.37. The SMILES string of the molecule is CCCCCCCCCCCCCCCCOCC(COP(O)OCC[N+](C)(C)C)C[S+]([O-])CCCCCCCCCCCCCCCC. The van der Waals surface area contributed by atoms with Crippen molar-refractivity contribution >= 4 is 19.8 Å². The third-order valence-corrected chi connectivity index (χ3v) is 11.9. The van der Waals surface area contributed by atoms with Gasteiger partial charge in [0.2, 0.25) is 0 Å². The molecule has 0 heterocycles. The molecule has 0 saturated carbocycles. The van der Waals surface area contributed by atoms with E-state index >= 15 is 0 Å². The van der Waals surface area contributed by atoms with E-state index in [-0.39, 0.29) is 5.92 Å².